The Kier molecular flexibility index (Phi) is 2.22. The van der Waals surface area contributed by atoms with Crippen molar-refractivity contribution in [3.8, 4) is 0 Å². The van der Waals surface area contributed by atoms with Gasteiger partial charge in [-0.2, -0.15) is 0 Å². The van der Waals surface area contributed by atoms with Crippen LogP contribution in [0.3, 0.4) is 0 Å². The Balaban J connectivity index is 3.02. The molecule has 0 aliphatic rings. The second kappa shape index (κ2) is 2.84. The van der Waals surface area contributed by atoms with Gasteiger partial charge in [0, 0.05) is 12.4 Å². The van der Waals surface area contributed by atoms with E-state index in [1.807, 2.05) is 0 Å². The van der Waals surface area contributed by atoms with Gasteiger partial charge in [-0.3, -0.25) is 0 Å². The maximum atomic E-state index is 12.0. The largest absolute Gasteiger partial charge is 0.489 e. The standard InChI is InChI=1S/C5H4BrF3N2/c6-3-4-10-1-2-11(4)5(7,8)9/h1-2H,3H2. The highest BCUT2D eigenvalue weighted by Crippen LogP contribution is 2.24. The lowest BCUT2D eigenvalue weighted by molar-refractivity contribution is -0.205. The smallest absolute Gasteiger partial charge is 0.244 e. The molecule has 0 aliphatic heterocycles. The van der Waals surface area contributed by atoms with Crippen molar-refractivity contribution in [1.82, 2.24) is 9.55 Å². The minimum absolute atomic E-state index is 0.0440. The first-order valence-corrected chi connectivity index (χ1v) is 3.83. The van der Waals surface area contributed by atoms with Crippen LogP contribution in [0.1, 0.15) is 5.82 Å². The van der Waals surface area contributed by atoms with Crippen molar-refractivity contribution in [1.29, 1.82) is 0 Å². The summed E-state index contributed by atoms with van der Waals surface area (Å²) < 4.78 is 36.1. The number of halogens is 4. The molecule has 0 unspecified atom stereocenters. The molecule has 1 heterocycles. The molecule has 0 bridgehead atoms. The number of alkyl halides is 4. The zero-order valence-electron chi connectivity index (χ0n) is 5.27. The average Bonchev–Trinajstić information content (AvgIpc) is 2.31. The van der Waals surface area contributed by atoms with Gasteiger partial charge in [0.1, 0.15) is 5.82 Å². The minimum Gasteiger partial charge on any atom is -0.244 e. The predicted molar refractivity (Wildman–Crippen MR) is 36.2 cm³/mol. The Hall–Kier alpha value is -0.520. The van der Waals surface area contributed by atoms with Crippen LogP contribution in [-0.2, 0) is 11.6 Å². The van der Waals surface area contributed by atoms with E-state index in [0.717, 1.165) is 12.4 Å². The zero-order chi connectivity index (χ0) is 8.48. The van der Waals surface area contributed by atoms with Gasteiger partial charge in [-0.05, 0) is 0 Å². The Labute approximate surface area is 69.2 Å². The van der Waals surface area contributed by atoms with E-state index in [-0.39, 0.29) is 15.7 Å². The van der Waals surface area contributed by atoms with E-state index in [2.05, 4.69) is 20.9 Å². The number of imidazole rings is 1. The second-order valence-corrected chi connectivity index (χ2v) is 2.38. The maximum absolute atomic E-state index is 12.0. The molecule has 0 saturated heterocycles. The summed E-state index contributed by atoms with van der Waals surface area (Å²) in [5.41, 5.74) is 0. The molecule has 0 atom stereocenters. The molecule has 0 spiro atoms. The molecular formula is C5H4BrF3N2. The molecular weight excluding hydrogens is 225 g/mol. The van der Waals surface area contributed by atoms with Gasteiger partial charge in [-0.1, -0.05) is 15.9 Å². The first-order chi connectivity index (χ1) is 5.05. The highest BCUT2D eigenvalue weighted by atomic mass is 79.9. The van der Waals surface area contributed by atoms with Crippen molar-refractivity contribution < 1.29 is 13.2 Å². The molecule has 0 aromatic carbocycles. The van der Waals surface area contributed by atoms with Crippen LogP contribution in [0, 0.1) is 0 Å². The number of hydrogen-bond acceptors (Lipinski definition) is 1. The quantitative estimate of drug-likeness (QED) is 0.675. The van der Waals surface area contributed by atoms with E-state index in [1.165, 1.54) is 0 Å². The van der Waals surface area contributed by atoms with Crippen LogP contribution >= 0.6 is 15.9 Å². The van der Waals surface area contributed by atoms with Crippen molar-refractivity contribution in [2.75, 3.05) is 0 Å². The van der Waals surface area contributed by atoms with Crippen LogP contribution in [0.15, 0.2) is 12.4 Å². The molecule has 0 aliphatic carbocycles. The fourth-order valence-electron chi connectivity index (χ4n) is 0.664. The molecule has 0 saturated carbocycles. The van der Waals surface area contributed by atoms with Crippen molar-refractivity contribution in [2.24, 2.45) is 0 Å². The average molecular weight is 229 g/mol. The number of aromatic nitrogens is 2. The number of nitrogens with zero attached hydrogens (tertiary/aromatic N) is 2. The van der Waals surface area contributed by atoms with Gasteiger partial charge in [0.25, 0.3) is 0 Å². The van der Waals surface area contributed by atoms with Crippen LogP contribution in [0.2, 0.25) is 0 Å². The first-order valence-electron chi connectivity index (χ1n) is 2.71. The Morgan fingerprint density at radius 1 is 1.55 bits per heavy atom. The molecule has 1 aromatic rings. The lowest BCUT2D eigenvalue weighted by Crippen LogP contribution is -2.17. The molecule has 1 rings (SSSR count). The molecule has 2 nitrogen and oxygen atoms in total. The molecule has 0 radical (unpaired) electrons. The monoisotopic (exact) mass is 228 g/mol. The molecule has 1 aromatic heterocycles. The van der Waals surface area contributed by atoms with Crippen molar-refractivity contribution >= 4 is 15.9 Å². The van der Waals surface area contributed by atoms with Gasteiger partial charge in [0.05, 0.1) is 5.33 Å². The van der Waals surface area contributed by atoms with Crippen LogP contribution in [0.5, 0.6) is 0 Å². The highest BCUT2D eigenvalue weighted by molar-refractivity contribution is 9.08. The number of rotatable bonds is 1. The van der Waals surface area contributed by atoms with Gasteiger partial charge in [0.15, 0.2) is 0 Å². The molecule has 11 heavy (non-hydrogen) atoms. The summed E-state index contributed by atoms with van der Waals surface area (Å²) in [7, 11) is 0. The summed E-state index contributed by atoms with van der Waals surface area (Å²) in [5, 5.41) is 0.0967. The topological polar surface area (TPSA) is 17.8 Å². The van der Waals surface area contributed by atoms with E-state index in [9.17, 15) is 13.2 Å². The van der Waals surface area contributed by atoms with Crippen LogP contribution in [0.25, 0.3) is 0 Å². The maximum Gasteiger partial charge on any atom is 0.489 e. The summed E-state index contributed by atoms with van der Waals surface area (Å²) in [4.78, 5) is 3.50. The van der Waals surface area contributed by atoms with Gasteiger partial charge in [-0.25, -0.2) is 9.55 Å². The second-order valence-electron chi connectivity index (χ2n) is 1.81. The third-order valence-electron chi connectivity index (χ3n) is 1.11. The minimum atomic E-state index is -4.36. The normalized spacial score (nSPS) is 12.0. The van der Waals surface area contributed by atoms with Gasteiger partial charge in [0.2, 0.25) is 0 Å². The van der Waals surface area contributed by atoms with Crippen LogP contribution in [0.4, 0.5) is 13.2 Å². The highest BCUT2D eigenvalue weighted by Gasteiger charge is 2.32. The van der Waals surface area contributed by atoms with Crippen LogP contribution < -0.4 is 0 Å². The summed E-state index contributed by atoms with van der Waals surface area (Å²) in [6.07, 6.45) is -2.36. The summed E-state index contributed by atoms with van der Waals surface area (Å²) in [6.45, 7) is 0. The van der Waals surface area contributed by atoms with Gasteiger partial charge < -0.3 is 0 Å². The summed E-state index contributed by atoms with van der Waals surface area (Å²) in [5.74, 6) is -0.0440. The van der Waals surface area contributed by atoms with E-state index in [4.69, 9.17) is 0 Å². The lowest BCUT2D eigenvalue weighted by atomic mass is 10.7. The molecule has 62 valence electrons. The third kappa shape index (κ3) is 1.74. The SMILES string of the molecule is FC(F)(F)n1ccnc1CBr. The van der Waals surface area contributed by atoms with Crippen molar-refractivity contribution in [3.05, 3.63) is 18.2 Å². The van der Waals surface area contributed by atoms with E-state index in [1.54, 1.807) is 0 Å². The Bertz CT molecular complexity index is 242. The fourth-order valence-corrected chi connectivity index (χ4v) is 1.08. The predicted octanol–water partition coefficient (Wildman–Crippen LogP) is 2.25. The number of hydrogen-bond donors (Lipinski definition) is 0. The van der Waals surface area contributed by atoms with Gasteiger partial charge >= 0.3 is 6.30 Å². The summed E-state index contributed by atoms with van der Waals surface area (Å²) >= 11 is 2.90. The van der Waals surface area contributed by atoms with E-state index < -0.39 is 6.30 Å². The van der Waals surface area contributed by atoms with Crippen LogP contribution in [-0.4, -0.2) is 9.55 Å². The third-order valence-corrected chi connectivity index (χ3v) is 1.61. The fraction of sp³-hybridized carbons (Fsp3) is 0.400. The molecule has 0 fully saturated rings. The van der Waals surface area contributed by atoms with Crippen molar-refractivity contribution in [2.45, 2.75) is 11.6 Å². The Morgan fingerprint density at radius 2 is 2.18 bits per heavy atom. The zero-order valence-corrected chi connectivity index (χ0v) is 6.85. The summed E-state index contributed by atoms with van der Waals surface area (Å²) in [6, 6.07) is 0. The molecule has 0 amide bonds. The van der Waals surface area contributed by atoms with E-state index >= 15 is 0 Å². The molecule has 0 N–H and O–H groups in total. The Morgan fingerprint density at radius 3 is 2.55 bits per heavy atom. The first kappa shape index (κ1) is 8.58. The molecule has 6 heteroatoms. The van der Waals surface area contributed by atoms with E-state index in [0.29, 0.717) is 0 Å². The van der Waals surface area contributed by atoms with Crippen molar-refractivity contribution in [3.63, 3.8) is 0 Å². The van der Waals surface area contributed by atoms with Gasteiger partial charge in [-0.15, -0.1) is 13.2 Å². The lowest BCUT2D eigenvalue weighted by Gasteiger charge is -2.08.